The molecule has 16 heavy (non-hydrogen) atoms. The zero-order valence-electron chi connectivity index (χ0n) is 8.84. The summed E-state index contributed by atoms with van der Waals surface area (Å²) in [5, 5.41) is 11.3. The molecule has 0 spiro atoms. The van der Waals surface area contributed by atoms with E-state index in [-0.39, 0.29) is 12.2 Å². The number of nitrogens with one attached hydrogen (secondary N) is 1. The van der Waals surface area contributed by atoms with Crippen molar-refractivity contribution in [2.24, 2.45) is 0 Å². The highest BCUT2D eigenvalue weighted by molar-refractivity contribution is 5.94. The average Bonchev–Trinajstić information content (AvgIpc) is 2.29. The standard InChI is InChI=1S/C11H13F2NO2/c1-2-7(6-15)14-11(16)8-4-3-5-9(12)10(8)13/h3-5,7,15H,2,6H2,1H3,(H,14,16)/t7-/m1/s1. The van der Waals surface area contributed by atoms with E-state index in [0.717, 1.165) is 6.07 Å². The average molecular weight is 229 g/mol. The Bertz CT molecular complexity index is 378. The van der Waals surface area contributed by atoms with Gasteiger partial charge < -0.3 is 10.4 Å². The van der Waals surface area contributed by atoms with Gasteiger partial charge in [0.25, 0.3) is 5.91 Å². The third kappa shape index (κ3) is 2.76. The Kier molecular flexibility index (Phi) is 4.37. The lowest BCUT2D eigenvalue weighted by atomic mass is 10.1. The molecule has 0 heterocycles. The van der Waals surface area contributed by atoms with Gasteiger partial charge in [-0.05, 0) is 18.6 Å². The number of amides is 1. The first-order chi connectivity index (χ1) is 7.60. The summed E-state index contributed by atoms with van der Waals surface area (Å²) in [6, 6.07) is 2.94. The molecule has 0 saturated carbocycles. The Morgan fingerprint density at radius 1 is 1.50 bits per heavy atom. The molecule has 2 N–H and O–H groups in total. The normalized spacial score (nSPS) is 12.2. The molecule has 88 valence electrons. The van der Waals surface area contributed by atoms with Gasteiger partial charge in [0, 0.05) is 0 Å². The van der Waals surface area contributed by atoms with Crippen molar-refractivity contribution in [1.82, 2.24) is 5.32 Å². The minimum atomic E-state index is -1.17. The van der Waals surface area contributed by atoms with Crippen molar-refractivity contribution in [2.75, 3.05) is 6.61 Å². The van der Waals surface area contributed by atoms with Crippen LogP contribution in [0.5, 0.6) is 0 Å². The van der Waals surface area contributed by atoms with E-state index < -0.39 is 23.6 Å². The maximum absolute atomic E-state index is 13.2. The van der Waals surface area contributed by atoms with Crippen LogP contribution in [0.4, 0.5) is 8.78 Å². The molecule has 1 amide bonds. The number of halogens is 2. The van der Waals surface area contributed by atoms with Gasteiger partial charge in [-0.3, -0.25) is 4.79 Å². The third-order valence-electron chi connectivity index (χ3n) is 2.24. The van der Waals surface area contributed by atoms with Gasteiger partial charge >= 0.3 is 0 Å². The van der Waals surface area contributed by atoms with Crippen molar-refractivity contribution in [1.29, 1.82) is 0 Å². The molecule has 0 fully saturated rings. The van der Waals surface area contributed by atoms with Crippen molar-refractivity contribution >= 4 is 5.91 Å². The summed E-state index contributed by atoms with van der Waals surface area (Å²) in [5.74, 6) is -2.96. The predicted molar refractivity (Wildman–Crippen MR) is 55.0 cm³/mol. The zero-order valence-corrected chi connectivity index (χ0v) is 8.84. The lowest BCUT2D eigenvalue weighted by molar-refractivity contribution is 0.0910. The first kappa shape index (κ1) is 12.6. The Labute approximate surface area is 92.1 Å². The molecule has 0 radical (unpaired) electrons. The van der Waals surface area contributed by atoms with E-state index in [4.69, 9.17) is 5.11 Å². The fourth-order valence-corrected chi connectivity index (χ4v) is 1.22. The summed E-state index contributed by atoms with van der Waals surface area (Å²) >= 11 is 0. The van der Waals surface area contributed by atoms with Crippen molar-refractivity contribution in [3.63, 3.8) is 0 Å². The van der Waals surface area contributed by atoms with E-state index in [2.05, 4.69) is 5.32 Å². The predicted octanol–water partition coefficient (Wildman–Crippen LogP) is 1.47. The van der Waals surface area contributed by atoms with E-state index >= 15 is 0 Å². The highest BCUT2D eigenvalue weighted by Gasteiger charge is 2.17. The second-order valence-corrected chi connectivity index (χ2v) is 3.36. The van der Waals surface area contributed by atoms with Crippen LogP contribution in [0.25, 0.3) is 0 Å². The van der Waals surface area contributed by atoms with Gasteiger partial charge in [0.15, 0.2) is 11.6 Å². The van der Waals surface area contributed by atoms with Gasteiger partial charge in [0.05, 0.1) is 18.2 Å². The quantitative estimate of drug-likeness (QED) is 0.821. The van der Waals surface area contributed by atoms with Crippen LogP contribution < -0.4 is 5.32 Å². The van der Waals surface area contributed by atoms with E-state index in [1.807, 2.05) is 0 Å². The lowest BCUT2D eigenvalue weighted by Crippen LogP contribution is -2.37. The Morgan fingerprint density at radius 3 is 2.75 bits per heavy atom. The lowest BCUT2D eigenvalue weighted by Gasteiger charge is -2.14. The SMILES string of the molecule is CC[C@H](CO)NC(=O)c1cccc(F)c1F. The van der Waals surface area contributed by atoms with Gasteiger partial charge in [-0.15, -0.1) is 0 Å². The molecule has 0 aliphatic rings. The van der Waals surface area contributed by atoms with E-state index in [0.29, 0.717) is 6.42 Å². The summed E-state index contributed by atoms with van der Waals surface area (Å²) in [6.07, 6.45) is 0.513. The summed E-state index contributed by atoms with van der Waals surface area (Å²) in [7, 11) is 0. The van der Waals surface area contributed by atoms with Gasteiger partial charge in [0.1, 0.15) is 0 Å². The molecule has 3 nitrogen and oxygen atoms in total. The monoisotopic (exact) mass is 229 g/mol. The highest BCUT2D eigenvalue weighted by atomic mass is 19.2. The molecular weight excluding hydrogens is 216 g/mol. The number of benzene rings is 1. The maximum Gasteiger partial charge on any atom is 0.254 e. The third-order valence-corrected chi connectivity index (χ3v) is 2.24. The van der Waals surface area contributed by atoms with E-state index in [9.17, 15) is 13.6 Å². The molecule has 1 aromatic rings. The number of hydrogen-bond donors (Lipinski definition) is 2. The molecule has 1 aromatic carbocycles. The van der Waals surface area contributed by atoms with Crippen molar-refractivity contribution in [3.8, 4) is 0 Å². The van der Waals surface area contributed by atoms with E-state index in [1.165, 1.54) is 12.1 Å². The van der Waals surface area contributed by atoms with Gasteiger partial charge in [0.2, 0.25) is 0 Å². The summed E-state index contributed by atoms with van der Waals surface area (Å²) in [6.45, 7) is 1.53. The molecular formula is C11H13F2NO2. The topological polar surface area (TPSA) is 49.3 Å². The molecule has 1 atom stereocenters. The van der Waals surface area contributed by atoms with Crippen LogP contribution in [0.3, 0.4) is 0 Å². The highest BCUT2D eigenvalue weighted by Crippen LogP contribution is 2.11. The number of aliphatic hydroxyl groups excluding tert-OH is 1. The Morgan fingerprint density at radius 2 is 2.19 bits per heavy atom. The van der Waals surface area contributed by atoms with Crippen LogP contribution in [0.1, 0.15) is 23.7 Å². The largest absolute Gasteiger partial charge is 0.394 e. The number of aliphatic hydroxyl groups is 1. The molecule has 0 aliphatic heterocycles. The second kappa shape index (κ2) is 5.55. The Hall–Kier alpha value is -1.49. The molecule has 0 aromatic heterocycles. The summed E-state index contributed by atoms with van der Waals surface area (Å²) in [4.78, 5) is 11.5. The number of carbonyl (C=O) groups excluding carboxylic acids is 1. The van der Waals surface area contributed by atoms with Crippen LogP contribution in [0.15, 0.2) is 18.2 Å². The van der Waals surface area contributed by atoms with Crippen LogP contribution >= 0.6 is 0 Å². The number of carbonyl (C=O) groups is 1. The first-order valence-electron chi connectivity index (χ1n) is 4.95. The number of hydrogen-bond acceptors (Lipinski definition) is 2. The van der Waals surface area contributed by atoms with Crippen LogP contribution in [0.2, 0.25) is 0 Å². The van der Waals surface area contributed by atoms with Gasteiger partial charge in [-0.25, -0.2) is 8.78 Å². The fraction of sp³-hybridized carbons (Fsp3) is 0.364. The molecule has 0 bridgehead atoms. The molecule has 0 unspecified atom stereocenters. The maximum atomic E-state index is 13.2. The summed E-state index contributed by atoms with van der Waals surface area (Å²) < 4.78 is 26.0. The van der Waals surface area contributed by atoms with Crippen LogP contribution in [-0.4, -0.2) is 23.7 Å². The minimum absolute atomic E-state index is 0.237. The zero-order chi connectivity index (χ0) is 12.1. The second-order valence-electron chi connectivity index (χ2n) is 3.36. The van der Waals surface area contributed by atoms with Crippen molar-refractivity contribution < 1.29 is 18.7 Å². The van der Waals surface area contributed by atoms with Crippen molar-refractivity contribution in [3.05, 3.63) is 35.4 Å². The Balaban J connectivity index is 2.84. The smallest absolute Gasteiger partial charge is 0.254 e. The number of rotatable bonds is 4. The van der Waals surface area contributed by atoms with Gasteiger partial charge in [-0.1, -0.05) is 13.0 Å². The minimum Gasteiger partial charge on any atom is -0.394 e. The first-order valence-corrected chi connectivity index (χ1v) is 4.95. The fourth-order valence-electron chi connectivity index (χ4n) is 1.22. The molecule has 0 aliphatic carbocycles. The van der Waals surface area contributed by atoms with Gasteiger partial charge in [-0.2, -0.15) is 0 Å². The molecule has 1 rings (SSSR count). The van der Waals surface area contributed by atoms with Crippen LogP contribution in [-0.2, 0) is 0 Å². The van der Waals surface area contributed by atoms with Crippen molar-refractivity contribution in [2.45, 2.75) is 19.4 Å². The molecule has 5 heteroatoms. The summed E-state index contributed by atoms with van der Waals surface area (Å²) in [5.41, 5.74) is -0.355. The van der Waals surface area contributed by atoms with E-state index in [1.54, 1.807) is 6.92 Å². The van der Waals surface area contributed by atoms with Crippen LogP contribution in [0, 0.1) is 11.6 Å². The molecule has 0 saturated heterocycles.